The van der Waals surface area contributed by atoms with Gasteiger partial charge in [0.2, 0.25) is 0 Å². The first-order valence-corrected chi connectivity index (χ1v) is 7.16. The lowest BCUT2D eigenvalue weighted by molar-refractivity contribution is 0.577. The van der Waals surface area contributed by atoms with Crippen LogP contribution in [0.5, 0.6) is 0 Å². The Morgan fingerprint density at radius 3 is 2.65 bits per heavy atom. The maximum atomic E-state index is 13.9. The summed E-state index contributed by atoms with van der Waals surface area (Å²) in [4.78, 5) is 0. The van der Waals surface area contributed by atoms with E-state index in [4.69, 9.17) is 22.0 Å². The van der Waals surface area contributed by atoms with Crippen LogP contribution < -0.4 is 5.14 Å². The summed E-state index contributed by atoms with van der Waals surface area (Å²) in [5.41, 5.74) is -0.412. The van der Waals surface area contributed by atoms with Gasteiger partial charge in [-0.2, -0.15) is 10.4 Å². The van der Waals surface area contributed by atoms with Crippen molar-refractivity contribution in [3.8, 4) is 11.8 Å². The molecular formula is C11H8ClFN4O2S. The fraction of sp³-hybridized carbons (Fsp3) is 0.0909. The molecule has 1 aromatic carbocycles. The first-order valence-electron chi connectivity index (χ1n) is 5.24. The topological polar surface area (TPSA) is 102 Å². The highest BCUT2D eigenvalue weighted by atomic mass is 35.5. The standard InChI is InChI=1S/C11H8ClFN4O2S/c1-6-7(5-14)11(20(15,18)19)17(16-6)10-8(12)3-2-4-9(10)13/h2-4H,1H3,(H2,15,18,19). The van der Waals surface area contributed by atoms with Gasteiger partial charge in [-0.3, -0.25) is 0 Å². The summed E-state index contributed by atoms with van der Waals surface area (Å²) < 4.78 is 37.9. The Kier molecular flexibility index (Phi) is 3.52. The van der Waals surface area contributed by atoms with Gasteiger partial charge in [0.1, 0.15) is 23.1 Å². The highest BCUT2D eigenvalue weighted by Crippen LogP contribution is 2.28. The van der Waals surface area contributed by atoms with Crippen LogP contribution in [-0.2, 0) is 10.0 Å². The van der Waals surface area contributed by atoms with E-state index in [2.05, 4.69) is 5.10 Å². The van der Waals surface area contributed by atoms with Crippen LogP contribution in [0.25, 0.3) is 5.69 Å². The Morgan fingerprint density at radius 1 is 1.50 bits per heavy atom. The number of primary sulfonamides is 1. The molecule has 0 bridgehead atoms. The van der Waals surface area contributed by atoms with E-state index in [9.17, 15) is 12.8 Å². The highest BCUT2D eigenvalue weighted by Gasteiger charge is 2.27. The molecule has 0 aliphatic carbocycles. The maximum absolute atomic E-state index is 13.9. The normalized spacial score (nSPS) is 11.3. The second-order valence-electron chi connectivity index (χ2n) is 3.90. The summed E-state index contributed by atoms with van der Waals surface area (Å²) in [6.45, 7) is 1.42. The number of rotatable bonds is 2. The van der Waals surface area contributed by atoms with Crippen molar-refractivity contribution in [2.45, 2.75) is 11.9 Å². The van der Waals surface area contributed by atoms with Gasteiger partial charge in [-0.15, -0.1) is 0 Å². The number of nitrogens with two attached hydrogens (primary N) is 1. The number of sulfonamides is 1. The predicted molar refractivity (Wildman–Crippen MR) is 69.4 cm³/mol. The molecule has 0 spiro atoms. The van der Waals surface area contributed by atoms with Gasteiger partial charge in [0.15, 0.2) is 5.03 Å². The molecule has 2 aromatic rings. The number of aryl methyl sites for hydroxylation is 1. The number of aromatic nitrogens is 2. The zero-order chi connectivity index (χ0) is 15.1. The number of nitriles is 1. The maximum Gasteiger partial charge on any atom is 0.257 e. The second kappa shape index (κ2) is 4.86. The minimum Gasteiger partial charge on any atom is -0.223 e. The van der Waals surface area contributed by atoms with E-state index in [1.54, 1.807) is 6.07 Å². The molecule has 0 atom stereocenters. The van der Waals surface area contributed by atoms with Crippen LogP contribution in [0, 0.1) is 24.1 Å². The lowest BCUT2D eigenvalue weighted by Crippen LogP contribution is -2.19. The minimum atomic E-state index is -4.28. The third-order valence-corrected chi connectivity index (χ3v) is 3.77. The Hall–Kier alpha value is -1.95. The monoisotopic (exact) mass is 314 g/mol. The van der Waals surface area contributed by atoms with E-state index >= 15 is 0 Å². The molecular weight excluding hydrogens is 307 g/mol. The van der Waals surface area contributed by atoms with E-state index in [1.165, 1.54) is 19.1 Å². The van der Waals surface area contributed by atoms with Crippen molar-refractivity contribution >= 4 is 21.6 Å². The summed E-state index contributed by atoms with van der Waals surface area (Å²) in [5, 5.41) is 17.3. The molecule has 2 N–H and O–H groups in total. The van der Waals surface area contributed by atoms with Gasteiger partial charge >= 0.3 is 0 Å². The molecule has 0 amide bonds. The van der Waals surface area contributed by atoms with Gasteiger partial charge in [-0.1, -0.05) is 17.7 Å². The van der Waals surface area contributed by atoms with Crippen LogP contribution in [0.1, 0.15) is 11.3 Å². The van der Waals surface area contributed by atoms with Crippen LogP contribution >= 0.6 is 11.6 Å². The van der Waals surface area contributed by atoms with Crippen LogP contribution in [-0.4, -0.2) is 18.2 Å². The predicted octanol–water partition coefficient (Wildman–Crippen LogP) is 1.49. The first kappa shape index (κ1) is 14.5. The number of hydrogen-bond donors (Lipinski definition) is 1. The summed E-state index contributed by atoms with van der Waals surface area (Å²) in [7, 11) is -4.28. The highest BCUT2D eigenvalue weighted by molar-refractivity contribution is 7.89. The molecule has 0 radical (unpaired) electrons. The number of hydrogen-bond acceptors (Lipinski definition) is 4. The van der Waals surface area contributed by atoms with Gasteiger partial charge in [0.25, 0.3) is 10.0 Å². The summed E-state index contributed by atoms with van der Waals surface area (Å²) in [6, 6.07) is 5.52. The number of para-hydroxylation sites is 1. The molecule has 20 heavy (non-hydrogen) atoms. The molecule has 2 rings (SSSR count). The minimum absolute atomic E-state index is 0.0538. The average molecular weight is 315 g/mol. The van der Waals surface area contributed by atoms with E-state index < -0.39 is 20.9 Å². The van der Waals surface area contributed by atoms with E-state index in [0.29, 0.717) is 0 Å². The quantitative estimate of drug-likeness (QED) is 0.907. The molecule has 1 aromatic heterocycles. The average Bonchev–Trinajstić information content (AvgIpc) is 2.65. The fourth-order valence-electron chi connectivity index (χ4n) is 1.74. The van der Waals surface area contributed by atoms with Crippen LogP contribution in [0.15, 0.2) is 23.2 Å². The molecule has 104 valence electrons. The van der Waals surface area contributed by atoms with Crippen molar-refractivity contribution in [2.75, 3.05) is 0 Å². The van der Waals surface area contributed by atoms with Gasteiger partial charge in [-0.05, 0) is 19.1 Å². The molecule has 0 fully saturated rings. The third-order valence-electron chi connectivity index (χ3n) is 2.55. The third kappa shape index (κ3) is 2.27. The SMILES string of the molecule is Cc1nn(-c2c(F)cccc2Cl)c(S(N)(=O)=O)c1C#N. The second-order valence-corrected chi connectivity index (χ2v) is 5.79. The molecule has 9 heteroatoms. The molecule has 0 aliphatic heterocycles. The van der Waals surface area contributed by atoms with Crippen molar-refractivity contribution in [2.24, 2.45) is 5.14 Å². The number of halogens is 2. The lowest BCUT2D eigenvalue weighted by Gasteiger charge is -2.08. The Labute approximate surface area is 119 Å². The summed E-state index contributed by atoms with van der Waals surface area (Å²) in [5.74, 6) is -0.783. The molecule has 0 aliphatic rings. The van der Waals surface area contributed by atoms with Gasteiger partial charge < -0.3 is 0 Å². The summed E-state index contributed by atoms with van der Waals surface area (Å²) in [6.07, 6.45) is 0. The van der Waals surface area contributed by atoms with Crippen LogP contribution in [0.3, 0.4) is 0 Å². The number of nitrogens with zero attached hydrogens (tertiary/aromatic N) is 3. The zero-order valence-corrected chi connectivity index (χ0v) is 11.7. The lowest BCUT2D eigenvalue weighted by atomic mass is 10.3. The molecule has 0 saturated carbocycles. The number of benzene rings is 1. The Morgan fingerprint density at radius 2 is 2.15 bits per heavy atom. The Balaban J connectivity index is 2.94. The van der Waals surface area contributed by atoms with E-state index in [1.807, 2.05) is 0 Å². The zero-order valence-electron chi connectivity index (χ0n) is 10.1. The molecule has 1 heterocycles. The van der Waals surface area contributed by atoms with E-state index in [-0.39, 0.29) is 22.0 Å². The van der Waals surface area contributed by atoms with Crippen molar-refractivity contribution in [3.05, 3.63) is 40.3 Å². The molecule has 0 saturated heterocycles. The molecule has 6 nitrogen and oxygen atoms in total. The van der Waals surface area contributed by atoms with Gasteiger partial charge in [-0.25, -0.2) is 22.6 Å². The van der Waals surface area contributed by atoms with Crippen molar-refractivity contribution in [1.82, 2.24) is 9.78 Å². The Bertz CT molecular complexity index is 819. The van der Waals surface area contributed by atoms with Crippen molar-refractivity contribution in [3.63, 3.8) is 0 Å². The van der Waals surface area contributed by atoms with Crippen molar-refractivity contribution in [1.29, 1.82) is 5.26 Å². The van der Waals surface area contributed by atoms with Gasteiger partial charge in [0, 0.05) is 0 Å². The smallest absolute Gasteiger partial charge is 0.223 e. The summed E-state index contributed by atoms with van der Waals surface area (Å²) >= 11 is 5.87. The fourth-order valence-corrected chi connectivity index (χ4v) is 2.83. The van der Waals surface area contributed by atoms with Gasteiger partial charge in [0.05, 0.1) is 10.7 Å². The largest absolute Gasteiger partial charge is 0.257 e. The van der Waals surface area contributed by atoms with E-state index in [0.717, 1.165) is 10.7 Å². The van der Waals surface area contributed by atoms with Crippen molar-refractivity contribution < 1.29 is 12.8 Å². The van der Waals surface area contributed by atoms with Crippen LogP contribution in [0.2, 0.25) is 5.02 Å². The van der Waals surface area contributed by atoms with Crippen LogP contribution in [0.4, 0.5) is 4.39 Å². The first-order chi connectivity index (χ1) is 9.27. The molecule has 0 unspecified atom stereocenters.